The number of ether oxygens (including phenoxy) is 2. The molecule has 1 aliphatic rings. The van der Waals surface area contributed by atoms with E-state index in [0.717, 1.165) is 40.4 Å². The Morgan fingerprint density at radius 3 is 2.81 bits per heavy atom. The number of hydrogen-bond acceptors (Lipinski definition) is 3. The Balaban J connectivity index is 1.65. The van der Waals surface area contributed by atoms with Crippen molar-refractivity contribution in [2.75, 3.05) is 20.3 Å². The summed E-state index contributed by atoms with van der Waals surface area (Å²) in [4.78, 5) is 16.8. The van der Waals surface area contributed by atoms with Gasteiger partial charge in [-0.15, -0.1) is 0 Å². The van der Waals surface area contributed by atoms with Gasteiger partial charge in [-0.05, 0) is 67.1 Å². The number of nitrogens with zero attached hydrogens (tertiary/aromatic N) is 1. The molecule has 31 heavy (non-hydrogen) atoms. The van der Waals surface area contributed by atoms with Crippen LogP contribution in [0.15, 0.2) is 36.5 Å². The van der Waals surface area contributed by atoms with Crippen LogP contribution in [0.25, 0.3) is 10.9 Å². The number of aromatic amines is 1. The number of methoxy groups -OCH3 is 1. The van der Waals surface area contributed by atoms with Crippen LogP contribution in [-0.2, 0) is 17.6 Å². The largest absolute Gasteiger partial charge is 0.493 e. The van der Waals surface area contributed by atoms with Crippen LogP contribution in [-0.4, -0.2) is 36.6 Å². The highest BCUT2D eigenvalue weighted by Gasteiger charge is 2.28. The van der Waals surface area contributed by atoms with Gasteiger partial charge >= 0.3 is 0 Å². The van der Waals surface area contributed by atoms with Crippen LogP contribution >= 0.6 is 0 Å². The fourth-order valence-electron chi connectivity index (χ4n) is 4.43. The highest BCUT2D eigenvalue weighted by atomic mass is 19.3. The smallest absolute Gasteiger partial charge is 0.263 e. The maximum absolute atomic E-state index is 13.2. The number of H-pyrrole nitrogens is 1. The molecule has 2 heterocycles. The molecule has 0 saturated carbocycles. The molecule has 0 bridgehead atoms. The van der Waals surface area contributed by atoms with E-state index >= 15 is 0 Å². The summed E-state index contributed by atoms with van der Waals surface area (Å²) in [5.41, 5.74) is 4.01. The third-order valence-corrected chi connectivity index (χ3v) is 5.99. The Morgan fingerprint density at radius 1 is 1.26 bits per heavy atom. The molecule has 0 saturated heterocycles. The van der Waals surface area contributed by atoms with Crippen LogP contribution in [0.2, 0.25) is 0 Å². The quantitative estimate of drug-likeness (QED) is 0.502. The standard InChI is InChI=1S/C24H26F2N2O3/c1-3-31-23-12-19-15(11-22(23)30-2)8-9-28(14-29)21(19)7-5-17-13-27-20-6-4-16(24(25)26)10-18(17)20/h4,6,10-14,21,24,27H,3,5,7-9H2,1-2H3/t21-/m0/s1. The van der Waals surface area contributed by atoms with Gasteiger partial charge in [0.1, 0.15) is 0 Å². The lowest BCUT2D eigenvalue weighted by Crippen LogP contribution is -2.34. The number of hydrogen-bond donors (Lipinski definition) is 1. The minimum absolute atomic E-state index is 0.0133. The first-order valence-electron chi connectivity index (χ1n) is 10.5. The zero-order valence-corrected chi connectivity index (χ0v) is 17.7. The summed E-state index contributed by atoms with van der Waals surface area (Å²) < 4.78 is 37.5. The lowest BCUT2D eigenvalue weighted by atomic mass is 9.88. The molecular formula is C24H26F2N2O3. The van der Waals surface area contributed by atoms with Crippen molar-refractivity contribution < 1.29 is 23.0 Å². The fraction of sp³-hybridized carbons (Fsp3) is 0.375. The van der Waals surface area contributed by atoms with Gasteiger partial charge < -0.3 is 19.4 Å². The molecule has 5 nitrogen and oxygen atoms in total. The summed E-state index contributed by atoms with van der Waals surface area (Å²) in [7, 11) is 1.62. The molecule has 164 valence electrons. The normalized spacial score (nSPS) is 15.9. The number of carbonyl (C=O) groups is 1. The maximum Gasteiger partial charge on any atom is 0.263 e. The topological polar surface area (TPSA) is 54.6 Å². The minimum Gasteiger partial charge on any atom is -0.493 e. The molecule has 0 aliphatic carbocycles. The first-order chi connectivity index (χ1) is 15.0. The molecule has 1 N–H and O–H groups in total. The minimum atomic E-state index is -2.50. The van der Waals surface area contributed by atoms with Crippen molar-refractivity contribution in [3.05, 3.63) is 58.8 Å². The van der Waals surface area contributed by atoms with Crippen molar-refractivity contribution in [1.82, 2.24) is 9.88 Å². The predicted molar refractivity (Wildman–Crippen MR) is 115 cm³/mol. The van der Waals surface area contributed by atoms with Gasteiger partial charge in [0.05, 0.1) is 19.8 Å². The van der Waals surface area contributed by atoms with Crippen molar-refractivity contribution in [3.8, 4) is 11.5 Å². The van der Waals surface area contributed by atoms with E-state index in [9.17, 15) is 13.6 Å². The van der Waals surface area contributed by atoms with Gasteiger partial charge in [0.2, 0.25) is 6.41 Å². The third kappa shape index (κ3) is 4.09. The Morgan fingerprint density at radius 2 is 2.10 bits per heavy atom. The molecule has 0 spiro atoms. The first kappa shape index (κ1) is 21.2. The van der Waals surface area contributed by atoms with Crippen LogP contribution in [0.5, 0.6) is 11.5 Å². The van der Waals surface area contributed by atoms with Crippen molar-refractivity contribution in [2.24, 2.45) is 0 Å². The Kier molecular flexibility index (Phi) is 6.11. The molecule has 0 unspecified atom stereocenters. The lowest BCUT2D eigenvalue weighted by molar-refractivity contribution is -0.120. The average molecular weight is 428 g/mol. The van der Waals surface area contributed by atoms with Gasteiger partial charge in [0, 0.05) is 29.2 Å². The van der Waals surface area contributed by atoms with E-state index in [1.54, 1.807) is 19.2 Å². The molecule has 1 amide bonds. The second-order valence-electron chi connectivity index (χ2n) is 7.70. The van der Waals surface area contributed by atoms with Gasteiger partial charge in [-0.1, -0.05) is 6.07 Å². The zero-order valence-electron chi connectivity index (χ0n) is 17.7. The van der Waals surface area contributed by atoms with E-state index in [1.165, 1.54) is 6.07 Å². The molecule has 4 rings (SSSR count). The number of halogens is 2. The zero-order chi connectivity index (χ0) is 22.0. The summed E-state index contributed by atoms with van der Waals surface area (Å²) in [5, 5.41) is 0.802. The molecule has 3 aromatic rings. The number of fused-ring (bicyclic) bond motifs is 2. The number of carbonyl (C=O) groups excluding carboxylic acids is 1. The summed E-state index contributed by atoms with van der Waals surface area (Å²) in [6, 6.07) is 8.54. The monoisotopic (exact) mass is 428 g/mol. The lowest BCUT2D eigenvalue weighted by Gasteiger charge is -2.35. The van der Waals surface area contributed by atoms with E-state index in [1.807, 2.05) is 30.2 Å². The van der Waals surface area contributed by atoms with E-state index in [2.05, 4.69) is 4.98 Å². The van der Waals surface area contributed by atoms with Crippen molar-refractivity contribution in [3.63, 3.8) is 0 Å². The van der Waals surface area contributed by atoms with Gasteiger partial charge in [-0.3, -0.25) is 4.79 Å². The van der Waals surface area contributed by atoms with E-state index < -0.39 is 6.43 Å². The van der Waals surface area contributed by atoms with Crippen molar-refractivity contribution in [1.29, 1.82) is 0 Å². The highest BCUT2D eigenvalue weighted by molar-refractivity contribution is 5.84. The van der Waals surface area contributed by atoms with E-state index in [4.69, 9.17) is 9.47 Å². The molecule has 7 heteroatoms. The number of benzene rings is 2. The van der Waals surface area contributed by atoms with Crippen molar-refractivity contribution in [2.45, 2.75) is 38.7 Å². The molecule has 1 aliphatic heterocycles. The molecule has 0 fully saturated rings. The second-order valence-corrected chi connectivity index (χ2v) is 7.70. The molecule has 2 aromatic carbocycles. The number of aromatic nitrogens is 1. The number of amides is 1. The SMILES string of the molecule is CCOc1cc2c(cc1OC)CCN(C=O)[C@H]2CCc1c[nH]c2ccc(C(F)F)cc12. The summed E-state index contributed by atoms with van der Waals surface area (Å²) >= 11 is 0. The number of aryl methyl sites for hydroxylation is 1. The van der Waals surface area contributed by atoms with Crippen LogP contribution in [0.1, 0.15) is 48.1 Å². The van der Waals surface area contributed by atoms with Gasteiger partial charge in [-0.2, -0.15) is 0 Å². The number of alkyl halides is 2. The van der Waals surface area contributed by atoms with Gasteiger partial charge in [0.15, 0.2) is 11.5 Å². The van der Waals surface area contributed by atoms with Crippen molar-refractivity contribution >= 4 is 17.3 Å². The maximum atomic E-state index is 13.2. The van der Waals surface area contributed by atoms with E-state index in [0.29, 0.717) is 37.5 Å². The fourth-order valence-corrected chi connectivity index (χ4v) is 4.43. The Labute approximate surface area is 180 Å². The number of rotatable bonds is 8. The Bertz CT molecular complexity index is 1080. The summed E-state index contributed by atoms with van der Waals surface area (Å²) in [6.07, 6.45) is 2.33. The third-order valence-electron chi connectivity index (χ3n) is 5.99. The molecule has 1 atom stereocenters. The summed E-state index contributed by atoms with van der Waals surface area (Å²) in [5.74, 6) is 1.35. The second kappa shape index (κ2) is 8.96. The molecular weight excluding hydrogens is 402 g/mol. The highest BCUT2D eigenvalue weighted by Crippen LogP contribution is 2.40. The Hall–Kier alpha value is -3.09. The van der Waals surface area contributed by atoms with Gasteiger partial charge in [-0.25, -0.2) is 8.78 Å². The van der Waals surface area contributed by atoms with Gasteiger partial charge in [0.25, 0.3) is 6.43 Å². The number of nitrogens with one attached hydrogen (secondary N) is 1. The van der Waals surface area contributed by atoms with Crippen LogP contribution < -0.4 is 9.47 Å². The van der Waals surface area contributed by atoms with Crippen LogP contribution in [0.3, 0.4) is 0 Å². The first-order valence-corrected chi connectivity index (χ1v) is 10.5. The van der Waals surface area contributed by atoms with Crippen LogP contribution in [0.4, 0.5) is 8.78 Å². The molecule has 1 aromatic heterocycles. The summed E-state index contributed by atoms with van der Waals surface area (Å²) in [6.45, 7) is 3.06. The van der Waals surface area contributed by atoms with Crippen LogP contribution in [0, 0.1) is 0 Å². The average Bonchev–Trinajstić information content (AvgIpc) is 3.19. The molecule has 0 radical (unpaired) electrons. The predicted octanol–water partition coefficient (Wildman–Crippen LogP) is 5.20. The van der Waals surface area contributed by atoms with E-state index in [-0.39, 0.29) is 11.6 Å².